The van der Waals surface area contributed by atoms with E-state index in [1.807, 2.05) is 0 Å². The summed E-state index contributed by atoms with van der Waals surface area (Å²) < 4.78 is 4.50. The quantitative estimate of drug-likeness (QED) is 0.772. The number of ether oxygens (including phenoxy) is 1. The van der Waals surface area contributed by atoms with Crippen LogP contribution in [0.2, 0.25) is 5.02 Å². The van der Waals surface area contributed by atoms with Gasteiger partial charge in [-0.15, -0.1) is 0 Å². The smallest absolute Gasteiger partial charge is 0.343 e. The SMILES string of the molecule is COC(=O)c1cc2c(Cl)cccc2[nH]c1=O. The van der Waals surface area contributed by atoms with E-state index in [4.69, 9.17) is 11.6 Å². The summed E-state index contributed by atoms with van der Waals surface area (Å²) in [5, 5.41) is 1.09. The average molecular weight is 238 g/mol. The number of hydrogen-bond acceptors (Lipinski definition) is 3. The second-order valence-corrected chi connectivity index (χ2v) is 3.61. The van der Waals surface area contributed by atoms with Gasteiger partial charge in [-0.3, -0.25) is 4.79 Å². The van der Waals surface area contributed by atoms with Crippen LogP contribution in [0.15, 0.2) is 29.1 Å². The molecule has 0 aliphatic heterocycles. The number of carbonyl (C=O) groups excluding carboxylic acids is 1. The van der Waals surface area contributed by atoms with E-state index in [9.17, 15) is 9.59 Å². The van der Waals surface area contributed by atoms with Crippen LogP contribution >= 0.6 is 11.6 Å². The van der Waals surface area contributed by atoms with Crippen LogP contribution in [0, 0.1) is 0 Å². The molecule has 0 saturated carbocycles. The van der Waals surface area contributed by atoms with Crippen molar-refractivity contribution in [1.29, 1.82) is 0 Å². The maximum absolute atomic E-state index is 11.5. The van der Waals surface area contributed by atoms with Crippen LogP contribution < -0.4 is 5.56 Å². The molecule has 0 amide bonds. The highest BCUT2D eigenvalue weighted by molar-refractivity contribution is 6.35. The van der Waals surface area contributed by atoms with E-state index < -0.39 is 11.5 Å². The Morgan fingerprint density at radius 1 is 1.44 bits per heavy atom. The third-order valence-electron chi connectivity index (χ3n) is 2.24. The summed E-state index contributed by atoms with van der Waals surface area (Å²) in [5.41, 5.74) is 0.0508. The van der Waals surface area contributed by atoms with Gasteiger partial charge in [-0.25, -0.2) is 4.79 Å². The lowest BCUT2D eigenvalue weighted by Gasteiger charge is -2.02. The van der Waals surface area contributed by atoms with E-state index >= 15 is 0 Å². The van der Waals surface area contributed by atoms with Crippen LogP contribution in [0.25, 0.3) is 10.9 Å². The van der Waals surface area contributed by atoms with Gasteiger partial charge in [0.25, 0.3) is 5.56 Å². The molecule has 1 aromatic heterocycles. The van der Waals surface area contributed by atoms with E-state index in [-0.39, 0.29) is 5.56 Å². The zero-order valence-corrected chi connectivity index (χ0v) is 9.17. The molecule has 0 unspecified atom stereocenters. The molecule has 16 heavy (non-hydrogen) atoms. The van der Waals surface area contributed by atoms with Gasteiger partial charge >= 0.3 is 5.97 Å². The zero-order valence-electron chi connectivity index (χ0n) is 8.41. The van der Waals surface area contributed by atoms with E-state index in [0.717, 1.165) is 0 Å². The topological polar surface area (TPSA) is 59.2 Å². The number of H-pyrrole nitrogens is 1. The monoisotopic (exact) mass is 237 g/mol. The molecule has 0 spiro atoms. The van der Waals surface area contributed by atoms with Crippen LogP contribution in [0.4, 0.5) is 0 Å². The van der Waals surface area contributed by atoms with Crippen molar-refractivity contribution in [2.75, 3.05) is 7.11 Å². The number of esters is 1. The Morgan fingerprint density at radius 3 is 2.88 bits per heavy atom. The van der Waals surface area contributed by atoms with Crippen molar-refractivity contribution in [1.82, 2.24) is 4.98 Å². The standard InChI is InChI=1S/C11H8ClNO3/c1-16-11(15)7-5-6-8(12)3-2-4-9(6)13-10(7)14/h2-5H,1H3,(H,13,14). The summed E-state index contributed by atoms with van der Waals surface area (Å²) >= 11 is 5.96. The number of nitrogens with one attached hydrogen (secondary N) is 1. The fourth-order valence-electron chi connectivity index (χ4n) is 1.45. The Balaban J connectivity index is 2.79. The Labute approximate surface area is 95.8 Å². The largest absolute Gasteiger partial charge is 0.465 e. The van der Waals surface area contributed by atoms with Gasteiger partial charge in [-0.2, -0.15) is 0 Å². The zero-order chi connectivity index (χ0) is 11.7. The summed E-state index contributed by atoms with van der Waals surface area (Å²) in [6, 6.07) is 6.55. The van der Waals surface area contributed by atoms with Gasteiger partial charge < -0.3 is 9.72 Å². The number of carbonyl (C=O) groups is 1. The lowest BCUT2D eigenvalue weighted by Crippen LogP contribution is -2.18. The number of rotatable bonds is 1. The summed E-state index contributed by atoms with van der Waals surface area (Å²) in [7, 11) is 1.22. The highest BCUT2D eigenvalue weighted by Gasteiger charge is 2.12. The first-order valence-electron chi connectivity index (χ1n) is 4.53. The second kappa shape index (κ2) is 3.98. The van der Waals surface area contributed by atoms with Crippen molar-refractivity contribution < 1.29 is 9.53 Å². The summed E-state index contributed by atoms with van der Waals surface area (Å²) in [6.07, 6.45) is 0. The summed E-state index contributed by atoms with van der Waals surface area (Å²) in [6.45, 7) is 0. The molecule has 0 fully saturated rings. The van der Waals surface area contributed by atoms with Crippen LogP contribution in [-0.2, 0) is 4.74 Å². The van der Waals surface area contributed by atoms with Crippen molar-refractivity contribution in [3.63, 3.8) is 0 Å². The molecule has 0 bridgehead atoms. The van der Waals surface area contributed by atoms with E-state index in [0.29, 0.717) is 15.9 Å². The van der Waals surface area contributed by atoms with Crippen LogP contribution in [-0.4, -0.2) is 18.1 Å². The maximum Gasteiger partial charge on any atom is 0.343 e. The molecule has 0 aliphatic rings. The fourth-order valence-corrected chi connectivity index (χ4v) is 1.68. The lowest BCUT2D eigenvalue weighted by molar-refractivity contribution is 0.0599. The number of aromatic amines is 1. The van der Waals surface area contributed by atoms with Gasteiger partial charge in [0.15, 0.2) is 0 Å². The third-order valence-corrected chi connectivity index (χ3v) is 2.57. The van der Waals surface area contributed by atoms with Gasteiger partial charge in [0.05, 0.1) is 7.11 Å². The Morgan fingerprint density at radius 2 is 2.19 bits per heavy atom. The van der Waals surface area contributed by atoms with Crippen LogP contribution in [0.5, 0.6) is 0 Å². The average Bonchev–Trinajstić information content (AvgIpc) is 2.28. The van der Waals surface area contributed by atoms with Crippen molar-refractivity contribution in [2.24, 2.45) is 0 Å². The predicted molar refractivity (Wildman–Crippen MR) is 60.9 cm³/mol. The van der Waals surface area contributed by atoms with E-state index in [1.165, 1.54) is 13.2 Å². The van der Waals surface area contributed by atoms with Gasteiger partial charge in [0, 0.05) is 15.9 Å². The van der Waals surface area contributed by atoms with Gasteiger partial charge in [-0.1, -0.05) is 17.7 Å². The molecular formula is C11H8ClNO3. The molecule has 0 aliphatic carbocycles. The van der Waals surface area contributed by atoms with E-state index in [2.05, 4.69) is 9.72 Å². The van der Waals surface area contributed by atoms with Crippen LogP contribution in [0.1, 0.15) is 10.4 Å². The number of pyridine rings is 1. The first-order valence-corrected chi connectivity index (χ1v) is 4.91. The number of hydrogen-bond donors (Lipinski definition) is 1. The normalized spacial score (nSPS) is 10.4. The van der Waals surface area contributed by atoms with Crippen LogP contribution in [0.3, 0.4) is 0 Å². The minimum atomic E-state index is -0.678. The molecular weight excluding hydrogens is 230 g/mol. The molecule has 0 saturated heterocycles. The highest BCUT2D eigenvalue weighted by atomic mass is 35.5. The van der Waals surface area contributed by atoms with Crippen molar-refractivity contribution >= 4 is 28.5 Å². The molecule has 0 radical (unpaired) electrons. The molecule has 5 heteroatoms. The van der Waals surface area contributed by atoms with E-state index in [1.54, 1.807) is 18.2 Å². The third kappa shape index (κ3) is 1.67. The highest BCUT2D eigenvalue weighted by Crippen LogP contribution is 2.21. The number of halogens is 1. The molecule has 0 atom stereocenters. The Hall–Kier alpha value is -1.81. The number of methoxy groups -OCH3 is 1. The molecule has 1 aromatic carbocycles. The van der Waals surface area contributed by atoms with Gasteiger partial charge in [-0.05, 0) is 18.2 Å². The maximum atomic E-state index is 11.5. The summed E-state index contributed by atoms with van der Waals surface area (Å²) in [4.78, 5) is 25.4. The molecule has 1 heterocycles. The molecule has 2 rings (SSSR count). The van der Waals surface area contributed by atoms with Crippen molar-refractivity contribution in [2.45, 2.75) is 0 Å². The van der Waals surface area contributed by atoms with Gasteiger partial charge in [0.2, 0.25) is 0 Å². The fraction of sp³-hybridized carbons (Fsp3) is 0.0909. The number of fused-ring (bicyclic) bond motifs is 1. The predicted octanol–water partition coefficient (Wildman–Crippen LogP) is 1.97. The van der Waals surface area contributed by atoms with Crippen molar-refractivity contribution in [3.05, 3.63) is 45.2 Å². The lowest BCUT2D eigenvalue weighted by atomic mass is 10.1. The molecule has 82 valence electrons. The summed E-state index contributed by atoms with van der Waals surface area (Å²) in [5.74, 6) is -0.678. The first kappa shape index (κ1) is 10.7. The minimum absolute atomic E-state index is 0.0527. The minimum Gasteiger partial charge on any atom is -0.465 e. The molecule has 4 nitrogen and oxygen atoms in total. The molecule has 1 N–H and O–H groups in total. The Bertz CT molecular complexity index is 618. The second-order valence-electron chi connectivity index (χ2n) is 3.20. The molecule has 2 aromatic rings. The number of benzene rings is 1. The first-order chi connectivity index (χ1) is 7.63. The number of aromatic nitrogens is 1. The van der Waals surface area contributed by atoms with Gasteiger partial charge in [0.1, 0.15) is 5.56 Å². The van der Waals surface area contributed by atoms with Crippen molar-refractivity contribution in [3.8, 4) is 0 Å². The Kier molecular flexibility index (Phi) is 2.66.